The first-order chi connectivity index (χ1) is 9.53. The fraction of sp³-hybridized carbons (Fsp3) is 0.250. The third-order valence-electron chi connectivity index (χ3n) is 3.26. The minimum Gasteiger partial charge on any atom is -0.397 e. The van der Waals surface area contributed by atoms with Gasteiger partial charge in [-0.15, -0.1) is 0 Å². The number of rotatable bonds is 4. The van der Waals surface area contributed by atoms with Crippen molar-refractivity contribution in [2.75, 3.05) is 17.6 Å². The molecule has 0 bridgehead atoms. The largest absolute Gasteiger partial charge is 0.397 e. The first-order valence-electron chi connectivity index (χ1n) is 6.48. The summed E-state index contributed by atoms with van der Waals surface area (Å²) >= 11 is 0. The van der Waals surface area contributed by atoms with Gasteiger partial charge in [0.25, 0.3) is 0 Å². The molecular formula is C16H18N4. The maximum absolute atomic E-state index is 8.93. The van der Waals surface area contributed by atoms with Crippen LogP contribution in [0.3, 0.4) is 0 Å². The molecule has 0 amide bonds. The highest BCUT2D eigenvalue weighted by Gasteiger charge is 2.21. The average molecular weight is 266 g/mol. The third-order valence-corrected chi connectivity index (χ3v) is 3.26. The van der Waals surface area contributed by atoms with Crippen LogP contribution in [0.5, 0.6) is 0 Å². The molecule has 4 heteroatoms. The van der Waals surface area contributed by atoms with Crippen molar-refractivity contribution < 1.29 is 0 Å². The monoisotopic (exact) mass is 266 g/mol. The van der Waals surface area contributed by atoms with Gasteiger partial charge >= 0.3 is 0 Å². The van der Waals surface area contributed by atoms with Crippen LogP contribution in [0, 0.1) is 11.3 Å². The number of nitrogens with one attached hydrogen (secondary N) is 1. The molecule has 3 N–H and O–H groups in total. The summed E-state index contributed by atoms with van der Waals surface area (Å²) in [6.45, 7) is 4.92. The Hall–Kier alpha value is -2.54. The number of nitrogens with zero attached hydrogens (tertiary/aromatic N) is 2. The van der Waals surface area contributed by atoms with Gasteiger partial charge in [0.1, 0.15) is 0 Å². The molecule has 0 fully saturated rings. The van der Waals surface area contributed by atoms with Crippen LogP contribution in [-0.2, 0) is 5.41 Å². The Morgan fingerprint density at radius 2 is 2.10 bits per heavy atom. The van der Waals surface area contributed by atoms with Gasteiger partial charge in [-0.3, -0.25) is 4.98 Å². The summed E-state index contributed by atoms with van der Waals surface area (Å²) < 4.78 is 0. The summed E-state index contributed by atoms with van der Waals surface area (Å²) in [7, 11) is 0. The first kappa shape index (κ1) is 13.9. The minimum atomic E-state index is -0.129. The number of aromatic nitrogens is 1. The topological polar surface area (TPSA) is 74.7 Å². The molecule has 0 radical (unpaired) electrons. The van der Waals surface area contributed by atoms with Crippen molar-refractivity contribution in [3.63, 3.8) is 0 Å². The lowest BCUT2D eigenvalue weighted by atomic mass is 9.88. The molecule has 1 aromatic carbocycles. The van der Waals surface area contributed by atoms with Gasteiger partial charge in [0.05, 0.1) is 23.0 Å². The summed E-state index contributed by atoms with van der Waals surface area (Å²) in [6, 6.07) is 13.2. The summed E-state index contributed by atoms with van der Waals surface area (Å²) in [5, 5.41) is 12.2. The van der Waals surface area contributed by atoms with E-state index in [9.17, 15) is 0 Å². The molecule has 0 atom stereocenters. The number of pyridine rings is 1. The van der Waals surface area contributed by atoms with Crippen LogP contribution in [0.25, 0.3) is 0 Å². The molecular weight excluding hydrogens is 248 g/mol. The van der Waals surface area contributed by atoms with Gasteiger partial charge in [0, 0.05) is 23.9 Å². The van der Waals surface area contributed by atoms with Crippen LogP contribution in [0.2, 0.25) is 0 Å². The predicted octanol–water partition coefficient (Wildman–Crippen LogP) is 2.93. The number of nitrogen functional groups attached to an aromatic ring is 1. The van der Waals surface area contributed by atoms with Crippen LogP contribution in [0.1, 0.15) is 25.1 Å². The van der Waals surface area contributed by atoms with Crippen molar-refractivity contribution in [3.8, 4) is 6.07 Å². The molecule has 0 unspecified atom stereocenters. The first-order valence-corrected chi connectivity index (χ1v) is 6.48. The van der Waals surface area contributed by atoms with Gasteiger partial charge in [-0.05, 0) is 30.3 Å². The molecule has 1 heterocycles. The van der Waals surface area contributed by atoms with E-state index in [2.05, 4.69) is 30.2 Å². The predicted molar refractivity (Wildman–Crippen MR) is 81.3 cm³/mol. The van der Waals surface area contributed by atoms with Gasteiger partial charge in [0.2, 0.25) is 0 Å². The Bertz CT molecular complexity index is 627. The summed E-state index contributed by atoms with van der Waals surface area (Å²) in [5.41, 5.74) is 8.83. The Balaban J connectivity index is 2.14. The molecule has 102 valence electrons. The molecule has 20 heavy (non-hydrogen) atoms. The Morgan fingerprint density at radius 1 is 1.30 bits per heavy atom. The Labute approximate surface area is 119 Å². The zero-order valence-corrected chi connectivity index (χ0v) is 11.7. The van der Waals surface area contributed by atoms with Crippen molar-refractivity contribution >= 4 is 11.4 Å². The standard InChI is InChI=1S/C16H18N4/c1-16(2,15-5-3-4-8-19-15)11-20-14-9-12(10-17)6-7-13(14)18/h3-9,20H,11,18H2,1-2H3. The zero-order valence-electron chi connectivity index (χ0n) is 11.7. The molecule has 2 rings (SSSR count). The number of anilines is 2. The van der Waals surface area contributed by atoms with Crippen LogP contribution < -0.4 is 11.1 Å². The molecule has 0 aliphatic heterocycles. The van der Waals surface area contributed by atoms with Gasteiger partial charge in [-0.25, -0.2) is 0 Å². The van der Waals surface area contributed by atoms with E-state index in [1.165, 1.54) is 0 Å². The van der Waals surface area contributed by atoms with Crippen molar-refractivity contribution in [1.29, 1.82) is 5.26 Å². The van der Waals surface area contributed by atoms with E-state index < -0.39 is 0 Å². The lowest BCUT2D eigenvalue weighted by Crippen LogP contribution is -2.28. The highest BCUT2D eigenvalue weighted by molar-refractivity contribution is 5.68. The van der Waals surface area contributed by atoms with Crippen molar-refractivity contribution in [2.24, 2.45) is 0 Å². The molecule has 0 aliphatic carbocycles. The highest BCUT2D eigenvalue weighted by Crippen LogP contribution is 2.24. The fourth-order valence-corrected chi connectivity index (χ4v) is 1.95. The lowest BCUT2D eigenvalue weighted by molar-refractivity contribution is 0.538. The molecule has 0 saturated carbocycles. The fourth-order valence-electron chi connectivity index (χ4n) is 1.95. The maximum atomic E-state index is 8.93. The zero-order chi connectivity index (χ0) is 14.6. The number of hydrogen-bond acceptors (Lipinski definition) is 4. The van der Waals surface area contributed by atoms with Crippen LogP contribution >= 0.6 is 0 Å². The molecule has 2 aromatic rings. The van der Waals surface area contributed by atoms with Gasteiger partial charge in [-0.1, -0.05) is 19.9 Å². The smallest absolute Gasteiger partial charge is 0.0992 e. The van der Waals surface area contributed by atoms with Crippen molar-refractivity contribution in [3.05, 3.63) is 53.9 Å². The SMILES string of the molecule is CC(C)(CNc1cc(C#N)ccc1N)c1ccccn1. The second kappa shape index (κ2) is 5.62. The molecule has 0 spiro atoms. The lowest BCUT2D eigenvalue weighted by Gasteiger charge is -2.25. The number of hydrogen-bond donors (Lipinski definition) is 2. The minimum absolute atomic E-state index is 0.129. The van der Waals surface area contributed by atoms with E-state index in [-0.39, 0.29) is 5.41 Å². The van der Waals surface area contributed by atoms with Crippen LogP contribution in [0.15, 0.2) is 42.6 Å². The van der Waals surface area contributed by atoms with Crippen LogP contribution in [0.4, 0.5) is 11.4 Å². The molecule has 0 saturated heterocycles. The Morgan fingerprint density at radius 3 is 2.75 bits per heavy atom. The highest BCUT2D eigenvalue weighted by atomic mass is 14.9. The maximum Gasteiger partial charge on any atom is 0.0992 e. The summed E-state index contributed by atoms with van der Waals surface area (Å²) in [6.07, 6.45) is 1.79. The van der Waals surface area contributed by atoms with E-state index in [0.717, 1.165) is 11.4 Å². The van der Waals surface area contributed by atoms with E-state index in [0.29, 0.717) is 17.8 Å². The average Bonchev–Trinajstić information content (AvgIpc) is 2.47. The van der Waals surface area contributed by atoms with Gasteiger partial charge < -0.3 is 11.1 Å². The summed E-state index contributed by atoms with van der Waals surface area (Å²) in [4.78, 5) is 4.40. The number of nitrogens with two attached hydrogens (primary N) is 1. The molecule has 4 nitrogen and oxygen atoms in total. The van der Waals surface area contributed by atoms with Crippen LogP contribution in [-0.4, -0.2) is 11.5 Å². The van der Waals surface area contributed by atoms with E-state index in [4.69, 9.17) is 11.0 Å². The summed E-state index contributed by atoms with van der Waals surface area (Å²) in [5.74, 6) is 0. The number of nitriles is 1. The molecule has 0 aliphatic rings. The van der Waals surface area contributed by atoms with E-state index in [1.807, 2.05) is 18.2 Å². The second-order valence-corrected chi connectivity index (χ2v) is 5.37. The van der Waals surface area contributed by atoms with Crippen molar-refractivity contribution in [1.82, 2.24) is 4.98 Å². The second-order valence-electron chi connectivity index (χ2n) is 5.37. The molecule has 1 aromatic heterocycles. The normalized spacial score (nSPS) is 10.8. The van der Waals surface area contributed by atoms with Gasteiger partial charge in [0.15, 0.2) is 0 Å². The van der Waals surface area contributed by atoms with E-state index >= 15 is 0 Å². The van der Waals surface area contributed by atoms with E-state index in [1.54, 1.807) is 24.4 Å². The van der Waals surface area contributed by atoms with Gasteiger partial charge in [-0.2, -0.15) is 5.26 Å². The third kappa shape index (κ3) is 3.07. The number of benzene rings is 1. The Kier molecular flexibility index (Phi) is 3.90. The van der Waals surface area contributed by atoms with Crippen molar-refractivity contribution in [2.45, 2.75) is 19.3 Å². The quantitative estimate of drug-likeness (QED) is 0.834.